The molecule has 0 N–H and O–H groups in total. The van der Waals surface area contributed by atoms with Crippen LogP contribution in [0.4, 0.5) is 5.69 Å². The number of pyridine rings is 1. The van der Waals surface area contributed by atoms with Crippen molar-refractivity contribution in [3.8, 4) is 0 Å². The molecule has 2 aliphatic heterocycles. The number of hydrogen-bond donors (Lipinski definition) is 0. The van der Waals surface area contributed by atoms with Crippen molar-refractivity contribution in [2.75, 3.05) is 37.8 Å². The number of benzene rings is 1. The number of ether oxygens (including phenoxy) is 3. The zero-order valence-electron chi connectivity index (χ0n) is 17.6. The van der Waals surface area contributed by atoms with Crippen LogP contribution in [0.1, 0.15) is 54.2 Å². The molecule has 0 bridgehead atoms. The van der Waals surface area contributed by atoms with Crippen LogP contribution in [0.3, 0.4) is 0 Å². The van der Waals surface area contributed by atoms with Crippen LogP contribution in [0.15, 0.2) is 18.2 Å². The Bertz CT molecular complexity index is 895. The second kappa shape index (κ2) is 8.28. The Labute approximate surface area is 172 Å². The summed E-state index contributed by atoms with van der Waals surface area (Å²) in [5.41, 5.74) is 4.52. The predicted octanol–water partition coefficient (Wildman–Crippen LogP) is 4.15. The van der Waals surface area contributed by atoms with Gasteiger partial charge in [0.15, 0.2) is 11.5 Å². The minimum atomic E-state index is -0.424. The molecule has 2 aromatic rings. The molecule has 0 unspecified atom stereocenters. The van der Waals surface area contributed by atoms with Gasteiger partial charge >= 0.3 is 5.97 Å². The van der Waals surface area contributed by atoms with Crippen molar-refractivity contribution in [3.63, 3.8) is 0 Å². The van der Waals surface area contributed by atoms with Crippen LogP contribution in [0.25, 0.3) is 10.9 Å². The second-order valence-electron chi connectivity index (χ2n) is 8.03. The first-order chi connectivity index (χ1) is 14.0. The highest BCUT2D eigenvalue weighted by molar-refractivity contribution is 6.00. The van der Waals surface area contributed by atoms with Gasteiger partial charge in [-0.15, -0.1) is 0 Å². The van der Waals surface area contributed by atoms with Crippen molar-refractivity contribution in [2.45, 2.75) is 52.2 Å². The quantitative estimate of drug-likeness (QED) is 0.557. The molecule has 2 aliphatic rings. The van der Waals surface area contributed by atoms with Crippen LogP contribution in [0.2, 0.25) is 0 Å². The number of hydrogen-bond acceptors (Lipinski definition) is 6. The average Bonchev–Trinajstić information content (AvgIpc) is 3.18. The topological polar surface area (TPSA) is 60.9 Å². The monoisotopic (exact) mass is 398 g/mol. The molecule has 6 nitrogen and oxygen atoms in total. The summed E-state index contributed by atoms with van der Waals surface area (Å²) >= 11 is 0. The van der Waals surface area contributed by atoms with Crippen LogP contribution in [0, 0.1) is 13.8 Å². The van der Waals surface area contributed by atoms with Gasteiger partial charge in [-0.1, -0.05) is 25.5 Å². The van der Waals surface area contributed by atoms with Gasteiger partial charge in [0, 0.05) is 37.0 Å². The van der Waals surface area contributed by atoms with Crippen LogP contribution in [-0.2, 0) is 14.2 Å². The molecule has 29 heavy (non-hydrogen) atoms. The molecule has 2 fully saturated rings. The molecule has 3 heterocycles. The van der Waals surface area contributed by atoms with E-state index in [0.29, 0.717) is 25.5 Å². The first-order valence-electron chi connectivity index (χ1n) is 10.6. The van der Waals surface area contributed by atoms with E-state index < -0.39 is 5.79 Å². The molecule has 6 heteroatoms. The van der Waals surface area contributed by atoms with E-state index >= 15 is 0 Å². The van der Waals surface area contributed by atoms with E-state index in [1.807, 2.05) is 13.0 Å². The highest BCUT2D eigenvalue weighted by Crippen LogP contribution is 2.37. The van der Waals surface area contributed by atoms with Gasteiger partial charge in [0.2, 0.25) is 0 Å². The van der Waals surface area contributed by atoms with Crippen molar-refractivity contribution in [1.82, 2.24) is 4.98 Å². The molecular formula is C23H30N2O4. The number of esters is 1. The van der Waals surface area contributed by atoms with Gasteiger partial charge in [-0.05, 0) is 37.5 Å². The summed E-state index contributed by atoms with van der Waals surface area (Å²) < 4.78 is 17.2. The summed E-state index contributed by atoms with van der Waals surface area (Å²) in [5, 5.41) is 1.11. The SMILES string of the molecule is CCCCOC(=O)c1cc(N2CCC3(CC2)OCCO3)c2c(C)ccc(C)c2n1. The van der Waals surface area contributed by atoms with Gasteiger partial charge in [-0.25, -0.2) is 9.78 Å². The highest BCUT2D eigenvalue weighted by Gasteiger charge is 2.40. The van der Waals surface area contributed by atoms with E-state index in [9.17, 15) is 4.79 Å². The smallest absolute Gasteiger partial charge is 0.357 e. The first-order valence-corrected chi connectivity index (χ1v) is 10.6. The Hall–Kier alpha value is -2.18. The lowest BCUT2D eigenvalue weighted by Crippen LogP contribution is -2.45. The van der Waals surface area contributed by atoms with E-state index in [4.69, 9.17) is 19.2 Å². The zero-order chi connectivity index (χ0) is 20.4. The molecule has 4 rings (SSSR count). The number of aromatic nitrogens is 1. The molecule has 0 amide bonds. The third kappa shape index (κ3) is 3.96. The van der Waals surface area contributed by atoms with E-state index in [-0.39, 0.29) is 5.97 Å². The third-order valence-electron chi connectivity index (χ3n) is 5.97. The second-order valence-corrected chi connectivity index (χ2v) is 8.03. The number of aryl methyl sites for hydroxylation is 2. The predicted molar refractivity (Wildman–Crippen MR) is 112 cm³/mol. The number of piperidine rings is 1. The summed E-state index contributed by atoms with van der Waals surface area (Å²) in [6, 6.07) is 6.08. The van der Waals surface area contributed by atoms with Crippen LogP contribution in [0.5, 0.6) is 0 Å². The fourth-order valence-electron chi connectivity index (χ4n) is 4.23. The van der Waals surface area contributed by atoms with Gasteiger partial charge in [0.25, 0.3) is 0 Å². The van der Waals surface area contributed by atoms with Crippen molar-refractivity contribution >= 4 is 22.6 Å². The maximum Gasteiger partial charge on any atom is 0.357 e. The van der Waals surface area contributed by atoms with Crippen molar-refractivity contribution in [2.24, 2.45) is 0 Å². The van der Waals surface area contributed by atoms with E-state index in [1.54, 1.807) is 0 Å². The number of unbranched alkanes of at least 4 members (excludes halogenated alkanes) is 1. The molecule has 2 saturated heterocycles. The van der Waals surface area contributed by atoms with Crippen molar-refractivity contribution < 1.29 is 19.0 Å². The van der Waals surface area contributed by atoms with Gasteiger partial charge < -0.3 is 19.1 Å². The van der Waals surface area contributed by atoms with E-state index in [1.165, 1.54) is 0 Å². The number of carbonyl (C=O) groups is 1. The molecule has 0 radical (unpaired) electrons. The van der Waals surface area contributed by atoms with Gasteiger partial charge in [0.1, 0.15) is 0 Å². The Balaban J connectivity index is 1.69. The zero-order valence-corrected chi connectivity index (χ0v) is 17.6. The third-order valence-corrected chi connectivity index (χ3v) is 5.97. The number of anilines is 1. The molecule has 0 aliphatic carbocycles. The number of carbonyl (C=O) groups excluding carboxylic acids is 1. The summed E-state index contributed by atoms with van der Waals surface area (Å²) in [6.07, 6.45) is 3.48. The minimum absolute atomic E-state index is 0.349. The van der Waals surface area contributed by atoms with Gasteiger partial charge in [0.05, 0.1) is 25.3 Å². The van der Waals surface area contributed by atoms with Gasteiger partial charge in [-0.3, -0.25) is 0 Å². The summed E-state index contributed by atoms with van der Waals surface area (Å²) in [5.74, 6) is -0.773. The van der Waals surface area contributed by atoms with Gasteiger partial charge in [-0.2, -0.15) is 0 Å². The average molecular weight is 399 g/mol. The summed E-state index contributed by atoms with van der Waals surface area (Å²) in [7, 11) is 0. The lowest BCUT2D eigenvalue weighted by molar-refractivity contribution is -0.169. The molecule has 0 atom stereocenters. The normalized spacial score (nSPS) is 18.5. The standard InChI is InChI=1S/C23H30N2O4/c1-4-5-12-27-22(26)18-15-19(20-16(2)6-7-17(3)21(20)24-18)25-10-8-23(9-11-25)28-13-14-29-23/h6-7,15H,4-5,8-14H2,1-3H3. The van der Waals surface area contributed by atoms with Crippen LogP contribution in [-0.4, -0.2) is 49.7 Å². The maximum atomic E-state index is 12.7. The fraction of sp³-hybridized carbons (Fsp3) is 0.565. The molecule has 156 valence electrons. The summed E-state index contributed by atoms with van der Waals surface area (Å²) in [6.45, 7) is 9.62. The number of rotatable bonds is 5. The van der Waals surface area contributed by atoms with Crippen LogP contribution >= 0.6 is 0 Å². The Kier molecular flexibility index (Phi) is 5.74. The molecular weight excluding hydrogens is 368 g/mol. The lowest BCUT2D eigenvalue weighted by Gasteiger charge is -2.39. The Morgan fingerprint density at radius 2 is 1.86 bits per heavy atom. The summed E-state index contributed by atoms with van der Waals surface area (Å²) in [4.78, 5) is 19.7. The molecule has 1 aromatic carbocycles. The van der Waals surface area contributed by atoms with Crippen LogP contribution < -0.4 is 4.90 Å². The molecule has 1 spiro atoms. The number of fused-ring (bicyclic) bond motifs is 1. The fourth-order valence-corrected chi connectivity index (χ4v) is 4.23. The van der Waals surface area contributed by atoms with E-state index in [2.05, 4.69) is 30.9 Å². The minimum Gasteiger partial charge on any atom is -0.461 e. The highest BCUT2D eigenvalue weighted by atomic mass is 16.7. The maximum absolute atomic E-state index is 12.7. The Morgan fingerprint density at radius 1 is 1.17 bits per heavy atom. The lowest BCUT2D eigenvalue weighted by atomic mass is 9.99. The van der Waals surface area contributed by atoms with E-state index in [0.717, 1.165) is 66.5 Å². The molecule has 0 saturated carbocycles. The largest absolute Gasteiger partial charge is 0.461 e. The number of nitrogens with zero attached hydrogens (tertiary/aromatic N) is 2. The molecule has 1 aromatic heterocycles. The Morgan fingerprint density at radius 3 is 2.55 bits per heavy atom. The van der Waals surface area contributed by atoms with Crippen molar-refractivity contribution in [1.29, 1.82) is 0 Å². The van der Waals surface area contributed by atoms with Crippen molar-refractivity contribution in [3.05, 3.63) is 35.0 Å². The first kappa shape index (κ1) is 20.1.